The largest absolute Gasteiger partial charge is 0.323 e. The van der Waals surface area contributed by atoms with Crippen LogP contribution in [0.1, 0.15) is 17.2 Å². The zero-order chi connectivity index (χ0) is 18.8. The van der Waals surface area contributed by atoms with Crippen LogP contribution in [0.25, 0.3) is 0 Å². The second-order valence-electron chi connectivity index (χ2n) is 5.65. The van der Waals surface area contributed by atoms with Crippen LogP contribution in [0.4, 0.5) is 10.1 Å². The lowest BCUT2D eigenvalue weighted by atomic mass is 10.0. The average Bonchev–Trinajstić information content (AvgIpc) is 2.57. The van der Waals surface area contributed by atoms with Gasteiger partial charge in [0, 0.05) is 31.8 Å². The Kier molecular flexibility index (Phi) is 5.51. The molecular weight excluding hydrogens is 349 g/mol. The quantitative estimate of drug-likeness (QED) is 0.623. The predicted octanol–water partition coefficient (Wildman–Crippen LogP) is 2.36. The number of rotatable bonds is 6. The van der Waals surface area contributed by atoms with Crippen molar-refractivity contribution in [1.82, 2.24) is 4.31 Å². The first-order chi connectivity index (χ1) is 11.6. The van der Waals surface area contributed by atoms with Crippen LogP contribution in [0.15, 0.2) is 47.4 Å². The fourth-order valence-corrected chi connectivity index (χ4v) is 3.50. The van der Waals surface area contributed by atoms with E-state index in [0.29, 0.717) is 11.1 Å². The van der Waals surface area contributed by atoms with Crippen LogP contribution in [0, 0.1) is 22.9 Å². The number of nitrogens with two attached hydrogens (primary N) is 1. The van der Waals surface area contributed by atoms with Gasteiger partial charge in [0.2, 0.25) is 10.0 Å². The van der Waals surface area contributed by atoms with Crippen LogP contribution in [0.3, 0.4) is 0 Å². The highest BCUT2D eigenvalue weighted by molar-refractivity contribution is 7.89. The van der Waals surface area contributed by atoms with Gasteiger partial charge in [-0.05, 0) is 36.2 Å². The second-order valence-corrected chi connectivity index (χ2v) is 7.70. The topological polar surface area (TPSA) is 107 Å². The molecule has 0 amide bonds. The lowest BCUT2D eigenvalue weighted by Crippen LogP contribution is -2.34. The molecule has 0 saturated heterocycles. The molecular formula is C16H18FN3O4S. The highest BCUT2D eigenvalue weighted by Crippen LogP contribution is 2.21. The fraction of sp³-hybridized carbons (Fsp3) is 0.250. The van der Waals surface area contributed by atoms with Crippen LogP contribution in [0.2, 0.25) is 0 Å². The van der Waals surface area contributed by atoms with E-state index in [0.717, 1.165) is 16.4 Å². The molecule has 0 aliphatic rings. The molecule has 134 valence electrons. The Bertz CT molecular complexity index is 885. The van der Waals surface area contributed by atoms with E-state index in [1.54, 1.807) is 13.0 Å². The highest BCUT2D eigenvalue weighted by atomic mass is 32.2. The molecule has 0 saturated carbocycles. The second kappa shape index (κ2) is 7.26. The Labute approximate surface area is 145 Å². The van der Waals surface area contributed by atoms with Crippen molar-refractivity contribution in [3.05, 3.63) is 69.5 Å². The summed E-state index contributed by atoms with van der Waals surface area (Å²) in [5, 5.41) is 10.7. The van der Waals surface area contributed by atoms with Crippen molar-refractivity contribution in [2.45, 2.75) is 17.9 Å². The number of likely N-dealkylation sites (N-methyl/N-ethyl adjacent to an activating group) is 1. The number of nitro groups is 1. The lowest BCUT2D eigenvalue weighted by molar-refractivity contribution is -0.384. The van der Waals surface area contributed by atoms with Gasteiger partial charge in [-0.25, -0.2) is 12.8 Å². The maximum absolute atomic E-state index is 13.3. The number of benzene rings is 2. The highest BCUT2D eigenvalue weighted by Gasteiger charge is 2.24. The molecule has 0 bridgehead atoms. The molecule has 0 aromatic heterocycles. The molecule has 2 aromatic rings. The van der Waals surface area contributed by atoms with Crippen LogP contribution in [-0.4, -0.2) is 31.2 Å². The number of aryl methyl sites for hydroxylation is 1. The summed E-state index contributed by atoms with van der Waals surface area (Å²) in [4.78, 5) is 9.98. The first-order valence-corrected chi connectivity index (χ1v) is 8.79. The molecule has 25 heavy (non-hydrogen) atoms. The molecule has 0 spiro atoms. The third-order valence-corrected chi connectivity index (χ3v) is 5.66. The summed E-state index contributed by atoms with van der Waals surface area (Å²) in [5.41, 5.74) is 6.88. The number of hydrogen-bond acceptors (Lipinski definition) is 5. The van der Waals surface area contributed by atoms with E-state index in [1.165, 1.54) is 31.3 Å². The van der Waals surface area contributed by atoms with E-state index in [-0.39, 0.29) is 22.9 Å². The third-order valence-electron chi connectivity index (χ3n) is 3.82. The zero-order valence-electron chi connectivity index (χ0n) is 13.7. The van der Waals surface area contributed by atoms with Gasteiger partial charge in [0.1, 0.15) is 5.82 Å². The summed E-state index contributed by atoms with van der Waals surface area (Å²) in [6, 6.07) is 8.35. The molecule has 0 aliphatic heterocycles. The van der Waals surface area contributed by atoms with Crippen molar-refractivity contribution < 1.29 is 17.7 Å². The molecule has 1 unspecified atom stereocenters. The van der Waals surface area contributed by atoms with E-state index in [9.17, 15) is 22.9 Å². The van der Waals surface area contributed by atoms with Crippen LogP contribution in [-0.2, 0) is 10.0 Å². The molecule has 0 aliphatic carbocycles. The maximum Gasteiger partial charge on any atom is 0.269 e. The van der Waals surface area contributed by atoms with Gasteiger partial charge in [-0.15, -0.1) is 0 Å². The zero-order valence-corrected chi connectivity index (χ0v) is 14.5. The van der Waals surface area contributed by atoms with E-state index in [4.69, 9.17) is 5.73 Å². The minimum Gasteiger partial charge on any atom is -0.323 e. The van der Waals surface area contributed by atoms with Gasteiger partial charge in [-0.1, -0.05) is 12.1 Å². The summed E-state index contributed by atoms with van der Waals surface area (Å²) in [6.45, 7) is 1.58. The van der Waals surface area contributed by atoms with E-state index >= 15 is 0 Å². The van der Waals surface area contributed by atoms with Gasteiger partial charge in [0.15, 0.2) is 0 Å². The molecule has 2 rings (SSSR count). The smallest absolute Gasteiger partial charge is 0.269 e. The van der Waals surface area contributed by atoms with Gasteiger partial charge >= 0.3 is 0 Å². The van der Waals surface area contributed by atoms with Crippen molar-refractivity contribution in [3.8, 4) is 0 Å². The van der Waals surface area contributed by atoms with Gasteiger partial charge < -0.3 is 5.73 Å². The number of hydrogen-bond donors (Lipinski definition) is 1. The van der Waals surface area contributed by atoms with Crippen molar-refractivity contribution in [3.63, 3.8) is 0 Å². The Hall–Kier alpha value is -2.36. The number of nitro benzene ring substituents is 1. The standard InChI is InChI=1S/C16H18FN3O4S/c1-11-9-12(3-8-15(11)17)16(18)10-19(2)25(23,24)14-6-4-13(5-7-14)20(21)22/h3-9,16H,10,18H2,1-2H3. The monoisotopic (exact) mass is 367 g/mol. The number of halogens is 1. The third kappa shape index (κ3) is 4.19. The summed E-state index contributed by atoms with van der Waals surface area (Å²) < 4.78 is 39.5. The normalized spacial score (nSPS) is 13.0. The fourth-order valence-electron chi connectivity index (χ4n) is 2.30. The van der Waals surface area contributed by atoms with Crippen molar-refractivity contribution in [1.29, 1.82) is 0 Å². The maximum atomic E-state index is 13.3. The molecule has 2 N–H and O–H groups in total. The van der Waals surface area contributed by atoms with Crippen LogP contribution in [0.5, 0.6) is 0 Å². The minimum absolute atomic E-state index is 0.0234. The Balaban J connectivity index is 2.18. The number of nitrogens with zero attached hydrogens (tertiary/aromatic N) is 2. The van der Waals surface area contributed by atoms with E-state index in [1.807, 2.05) is 0 Å². The summed E-state index contributed by atoms with van der Waals surface area (Å²) in [6.07, 6.45) is 0. The lowest BCUT2D eigenvalue weighted by Gasteiger charge is -2.22. The first kappa shape index (κ1) is 19.0. The summed E-state index contributed by atoms with van der Waals surface area (Å²) >= 11 is 0. The average molecular weight is 367 g/mol. The van der Waals surface area contributed by atoms with Crippen molar-refractivity contribution in [2.75, 3.05) is 13.6 Å². The SMILES string of the molecule is Cc1cc(C(N)CN(C)S(=O)(=O)c2ccc([N+](=O)[O-])cc2)ccc1F. The number of non-ortho nitro benzene ring substituents is 1. The van der Waals surface area contributed by atoms with Crippen molar-refractivity contribution >= 4 is 15.7 Å². The first-order valence-electron chi connectivity index (χ1n) is 7.35. The predicted molar refractivity (Wildman–Crippen MR) is 91.0 cm³/mol. The molecule has 0 radical (unpaired) electrons. The number of sulfonamides is 1. The van der Waals surface area contributed by atoms with Gasteiger partial charge in [-0.2, -0.15) is 4.31 Å². The van der Waals surface area contributed by atoms with Crippen LogP contribution >= 0.6 is 0 Å². The Morgan fingerprint density at radius 3 is 2.36 bits per heavy atom. The van der Waals surface area contributed by atoms with Gasteiger partial charge in [-0.3, -0.25) is 10.1 Å². The van der Waals surface area contributed by atoms with Crippen molar-refractivity contribution in [2.24, 2.45) is 5.73 Å². The molecule has 0 heterocycles. The summed E-state index contributed by atoms with van der Waals surface area (Å²) in [7, 11) is -2.48. The molecule has 9 heteroatoms. The Morgan fingerprint density at radius 2 is 1.84 bits per heavy atom. The van der Waals surface area contributed by atoms with Gasteiger partial charge in [0.25, 0.3) is 5.69 Å². The van der Waals surface area contributed by atoms with E-state index in [2.05, 4.69) is 0 Å². The minimum atomic E-state index is -3.85. The molecule has 1 atom stereocenters. The molecule has 7 nitrogen and oxygen atoms in total. The Morgan fingerprint density at radius 1 is 1.24 bits per heavy atom. The van der Waals surface area contributed by atoms with E-state index < -0.39 is 21.0 Å². The molecule has 0 fully saturated rings. The van der Waals surface area contributed by atoms with Crippen LogP contribution < -0.4 is 5.73 Å². The summed E-state index contributed by atoms with van der Waals surface area (Å²) in [5.74, 6) is -0.359. The molecule has 2 aromatic carbocycles. The van der Waals surface area contributed by atoms with Gasteiger partial charge in [0.05, 0.1) is 9.82 Å².